The third-order valence-electron chi connectivity index (χ3n) is 2.32. The molecule has 0 aliphatic heterocycles. The largest absolute Gasteiger partial charge is 0.359 e. The molecule has 4 nitrogen and oxygen atoms in total. The third-order valence-corrected chi connectivity index (χ3v) is 2.32. The van der Waals surface area contributed by atoms with Gasteiger partial charge in [0.05, 0.1) is 0 Å². The second-order valence-corrected chi connectivity index (χ2v) is 4.06. The van der Waals surface area contributed by atoms with Crippen molar-refractivity contribution in [2.75, 3.05) is 32.1 Å². The molecule has 0 saturated carbocycles. The maximum Gasteiger partial charge on any atom is 0.131 e. The molecule has 84 valence electrons. The molecule has 1 unspecified atom stereocenters. The van der Waals surface area contributed by atoms with E-state index < -0.39 is 0 Å². The summed E-state index contributed by atoms with van der Waals surface area (Å²) in [5, 5.41) is 3.18. The second kappa shape index (κ2) is 5.66. The lowest BCUT2D eigenvalue weighted by molar-refractivity contribution is 0.540. The highest BCUT2D eigenvalue weighted by Crippen LogP contribution is 2.10. The summed E-state index contributed by atoms with van der Waals surface area (Å²) in [5.41, 5.74) is 1.01. The molecule has 4 heteroatoms. The Morgan fingerprint density at radius 2 is 2.20 bits per heavy atom. The predicted molar refractivity (Wildman–Crippen MR) is 63.1 cm³/mol. The summed E-state index contributed by atoms with van der Waals surface area (Å²) < 4.78 is 0. The zero-order valence-corrected chi connectivity index (χ0v) is 9.99. The average molecular weight is 208 g/mol. The molecule has 0 bridgehead atoms. The number of rotatable bonds is 5. The summed E-state index contributed by atoms with van der Waals surface area (Å²) >= 11 is 0. The van der Waals surface area contributed by atoms with Crippen LogP contribution >= 0.6 is 0 Å². The first-order chi connectivity index (χ1) is 7.13. The van der Waals surface area contributed by atoms with E-state index in [1.807, 2.05) is 20.0 Å². The quantitative estimate of drug-likeness (QED) is 0.786. The van der Waals surface area contributed by atoms with Gasteiger partial charge in [-0.2, -0.15) is 0 Å². The van der Waals surface area contributed by atoms with Gasteiger partial charge in [-0.15, -0.1) is 0 Å². The third kappa shape index (κ3) is 3.83. The van der Waals surface area contributed by atoms with Crippen LogP contribution in [0.5, 0.6) is 0 Å². The standard InChI is InChI=1S/C11H20N4/c1-9(6-12-3)7-15(4)11-5-10(2)13-8-14-11/h5,8-9,12H,6-7H2,1-4H3. The molecule has 0 spiro atoms. The Bertz CT molecular complexity index is 300. The highest BCUT2D eigenvalue weighted by Gasteiger charge is 2.07. The molecule has 0 aromatic carbocycles. The first-order valence-electron chi connectivity index (χ1n) is 5.28. The van der Waals surface area contributed by atoms with Crippen LogP contribution in [0.3, 0.4) is 0 Å². The Labute approximate surface area is 91.7 Å². The molecule has 0 amide bonds. The van der Waals surface area contributed by atoms with Gasteiger partial charge >= 0.3 is 0 Å². The zero-order chi connectivity index (χ0) is 11.3. The number of aryl methyl sites for hydroxylation is 1. The van der Waals surface area contributed by atoms with Crippen LogP contribution in [-0.2, 0) is 0 Å². The fraction of sp³-hybridized carbons (Fsp3) is 0.636. The van der Waals surface area contributed by atoms with Crippen LogP contribution in [0.2, 0.25) is 0 Å². The van der Waals surface area contributed by atoms with Crippen molar-refractivity contribution in [2.45, 2.75) is 13.8 Å². The molecule has 1 rings (SSSR count). The van der Waals surface area contributed by atoms with Crippen LogP contribution < -0.4 is 10.2 Å². The Morgan fingerprint density at radius 3 is 2.80 bits per heavy atom. The number of hydrogen-bond donors (Lipinski definition) is 1. The van der Waals surface area contributed by atoms with E-state index in [9.17, 15) is 0 Å². The molecule has 0 aliphatic carbocycles. The summed E-state index contributed by atoms with van der Waals surface area (Å²) in [7, 11) is 4.04. The summed E-state index contributed by atoms with van der Waals surface area (Å²) in [4.78, 5) is 10.5. The lowest BCUT2D eigenvalue weighted by Gasteiger charge is -2.22. The molecule has 0 fully saturated rings. The topological polar surface area (TPSA) is 41.0 Å². The van der Waals surface area contributed by atoms with Gasteiger partial charge in [-0.25, -0.2) is 9.97 Å². The van der Waals surface area contributed by atoms with E-state index in [0.717, 1.165) is 24.6 Å². The normalized spacial score (nSPS) is 12.5. The first kappa shape index (κ1) is 11.9. The van der Waals surface area contributed by atoms with E-state index in [0.29, 0.717) is 5.92 Å². The van der Waals surface area contributed by atoms with Gasteiger partial charge in [0.25, 0.3) is 0 Å². The summed E-state index contributed by atoms with van der Waals surface area (Å²) in [6.45, 7) is 6.22. The van der Waals surface area contributed by atoms with Gasteiger partial charge in [-0.05, 0) is 26.4 Å². The van der Waals surface area contributed by atoms with E-state index in [2.05, 4.69) is 34.2 Å². The Kier molecular flexibility index (Phi) is 4.49. The lowest BCUT2D eigenvalue weighted by atomic mass is 10.1. The van der Waals surface area contributed by atoms with Crippen molar-refractivity contribution in [3.8, 4) is 0 Å². The number of anilines is 1. The first-order valence-corrected chi connectivity index (χ1v) is 5.28. The van der Waals surface area contributed by atoms with Crippen LogP contribution in [0.4, 0.5) is 5.82 Å². The zero-order valence-electron chi connectivity index (χ0n) is 9.99. The molecule has 1 heterocycles. The highest BCUT2D eigenvalue weighted by molar-refractivity contribution is 5.37. The van der Waals surface area contributed by atoms with Gasteiger partial charge in [-0.1, -0.05) is 6.92 Å². The molecule has 1 aromatic heterocycles. The van der Waals surface area contributed by atoms with Crippen LogP contribution in [0.1, 0.15) is 12.6 Å². The maximum absolute atomic E-state index is 4.25. The number of hydrogen-bond acceptors (Lipinski definition) is 4. The van der Waals surface area contributed by atoms with Crippen molar-refractivity contribution in [1.82, 2.24) is 15.3 Å². The summed E-state index contributed by atoms with van der Waals surface area (Å²) in [5.74, 6) is 1.60. The van der Waals surface area contributed by atoms with Crippen molar-refractivity contribution in [3.63, 3.8) is 0 Å². The van der Waals surface area contributed by atoms with Crippen LogP contribution in [0, 0.1) is 12.8 Å². The van der Waals surface area contributed by atoms with Crippen LogP contribution in [0.25, 0.3) is 0 Å². The van der Waals surface area contributed by atoms with Gasteiger partial charge in [0.1, 0.15) is 12.1 Å². The molecule has 0 saturated heterocycles. The van der Waals surface area contributed by atoms with Gasteiger partial charge in [0, 0.05) is 25.4 Å². The Morgan fingerprint density at radius 1 is 1.47 bits per heavy atom. The molecule has 0 aliphatic rings. The molecular formula is C11H20N4. The smallest absolute Gasteiger partial charge is 0.131 e. The fourth-order valence-electron chi connectivity index (χ4n) is 1.62. The van der Waals surface area contributed by atoms with E-state index >= 15 is 0 Å². The number of aromatic nitrogens is 2. The maximum atomic E-state index is 4.25. The molecule has 15 heavy (non-hydrogen) atoms. The van der Waals surface area contributed by atoms with E-state index in [-0.39, 0.29) is 0 Å². The molecular weight excluding hydrogens is 188 g/mol. The Balaban J connectivity index is 2.56. The molecule has 1 atom stereocenters. The monoisotopic (exact) mass is 208 g/mol. The van der Waals surface area contributed by atoms with Crippen molar-refractivity contribution < 1.29 is 0 Å². The fourth-order valence-corrected chi connectivity index (χ4v) is 1.62. The minimum atomic E-state index is 0.607. The average Bonchev–Trinajstić information content (AvgIpc) is 2.18. The summed E-state index contributed by atoms with van der Waals surface area (Å²) in [6.07, 6.45) is 1.61. The van der Waals surface area contributed by atoms with E-state index in [4.69, 9.17) is 0 Å². The van der Waals surface area contributed by atoms with Gasteiger partial charge < -0.3 is 10.2 Å². The van der Waals surface area contributed by atoms with Gasteiger partial charge in [-0.3, -0.25) is 0 Å². The van der Waals surface area contributed by atoms with Crippen molar-refractivity contribution in [3.05, 3.63) is 18.1 Å². The highest BCUT2D eigenvalue weighted by atomic mass is 15.2. The van der Waals surface area contributed by atoms with E-state index in [1.54, 1.807) is 6.33 Å². The second-order valence-electron chi connectivity index (χ2n) is 4.06. The molecule has 0 radical (unpaired) electrons. The van der Waals surface area contributed by atoms with E-state index in [1.165, 1.54) is 0 Å². The van der Waals surface area contributed by atoms with Crippen molar-refractivity contribution in [2.24, 2.45) is 5.92 Å². The molecule has 1 aromatic rings. The summed E-state index contributed by atoms with van der Waals surface area (Å²) in [6, 6.07) is 2.01. The SMILES string of the molecule is CNCC(C)CN(C)c1cc(C)ncn1. The van der Waals surface area contributed by atoms with Gasteiger partial charge in [0.2, 0.25) is 0 Å². The molecule has 1 N–H and O–H groups in total. The van der Waals surface area contributed by atoms with Crippen molar-refractivity contribution >= 4 is 5.82 Å². The van der Waals surface area contributed by atoms with Crippen LogP contribution in [-0.4, -0.2) is 37.2 Å². The van der Waals surface area contributed by atoms with Gasteiger partial charge in [0.15, 0.2) is 0 Å². The minimum absolute atomic E-state index is 0.607. The Hall–Kier alpha value is -1.16. The lowest BCUT2D eigenvalue weighted by Crippen LogP contribution is -2.30. The minimum Gasteiger partial charge on any atom is -0.359 e. The number of nitrogens with one attached hydrogen (secondary N) is 1. The predicted octanol–water partition coefficient (Wildman–Crippen LogP) is 1.08. The van der Waals surface area contributed by atoms with Crippen LogP contribution in [0.15, 0.2) is 12.4 Å². The van der Waals surface area contributed by atoms with Crippen molar-refractivity contribution in [1.29, 1.82) is 0 Å². The number of nitrogens with zero attached hydrogens (tertiary/aromatic N) is 3.